The fraction of sp³-hybridized carbons (Fsp3) is 0.143. The molecule has 0 unspecified atom stereocenters. The van der Waals surface area contributed by atoms with Crippen molar-refractivity contribution in [1.82, 2.24) is 0 Å². The number of carbonyl (C=O) groups excluding carboxylic acids is 2. The molecule has 1 aliphatic rings. The van der Waals surface area contributed by atoms with Crippen LogP contribution in [0.1, 0.15) is 23.2 Å². The lowest BCUT2D eigenvalue weighted by Crippen LogP contribution is -2.16. The standard InChI is InChI=1S/C14H12O2/c15-13(11-7-3-1-4-8-11)14(16)12-9-5-2-6-10-12/h1,3-5,7-10H,2,6H2. The van der Waals surface area contributed by atoms with Gasteiger partial charge in [-0.3, -0.25) is 9.59 Å². The van der Waals surface area contributed by atoms with Gasteiger partial charge in [0.2, 0.25) is 11.6 Å². The van der Waals surface area contributed by atoms with Crippen molar-refractivity contribution in [2.24, 2.45) is 0 Å². The molecule has 80 valence electrons. The maximum atomic E-state index is 11.8. The maximum absolute atomic E-state index is 11.8. The van der Waals surface area contributed by atoms with Gasteiger partial charge < -0.3 is 0 Å². The molecule has 0 saturated carbocycles. The summed E-state index contributed by atoms with van der Waals surface area (Å²) in [6.45, 7) is 0. The van der Waals surface area contributed by atoms with Gasteiger partial charge >= 0.3 is 0 Å². The number of hydrogen-bond donors (Lipinski definition) is 0. The molecule has 0 spiro atoms. The molecule has 0 fully saturated rings. The fourth-order valence-electron chi connectivity index (χ4n) is 1.63. The van der Waals surface area contributed by atoms with Crippen LogP contribution in [-0.2, 0) is 4.79 Å². The fourth-order valence-corrected chi connectivity index (χ4v) is 1.63. The lowest BCUT2D eigenvalue weighted by atomic mass is 9.97. The largest absolute Gasteiger partial charge is 0.285 e. The van der Waals surface area contributed by atoms with Crippen LogP contribution < -0.4 is 0 Å². The molecule has 0 N–H and O–H groups in total. The maximum Gasteiger partial charge on any atom is 0.233 e. The number of hydrogen-bond acceptors (Lipinski definition) is 2. The van der Waals surface area contributed by atoms with Gasteiger partial charge in [0.15, 0.2) is 0 Å². The van der Waals surface area contributed by atoms with Crippen LogP contribution in [0.15, 0.2) is 54.1 Å². The topological polar surface area (TPSA) is 34.1 Å². The Hall–Kier alpha value is -1.96. The summed E-state index contributed by atoms with van der Waals surface area (Å²) in [7, 11) is 0. The van der Waals surface area contributed by atoms with Gasteiger partial charge in [0.25, 0.3) is 0 Å². The van der Waals surface area contributed by atoms with Crippen LogP contribution in [0.4, 0.5) is 0 Å². The van der Waals surface area contributed by atoms with Gasteiger partial charge in [-0.25, -0.2) is 0 Å². The molecule has 2 heteroatoms. The van der Waals surface area contributed by atoms with E-state index in [4.69, 9.17) is 0 Å². The number of ketones is 2. The average molecular weight is 212 g/mol. The molecule has 0 bridgehead atoms. The van der Waals surface area contributed by atoms with Crippen LogP contribution in [0.25, 0.3) is 0 Å². The van der Waals surface area contributed by atoms with E-state index in [1.807, 2.05) is 18.2 Å². The Kier molecular flexibility index (Phi) is 3.10. The van der Waals surface area contributed by atoms with E-state index in [1.165, 1.54) is 0 Å². The summed E-state index contributed by atoms with van der Waals surface area (Å²) >= 11 is 0. The smallest absolute Gasteiger partial charge is 0.233 e. The molecule has 1 aliphatic carbocycles. The van der Waals surface area contributed by atoms with E-state index < -0.39 is 11.6 Å². The summed E-state index contributed by atoms with van der Waals surface area (Å²) in [5.41, 5.74) is 0.965. The summed E-state index contributed by atoms with van der Waals surface area (Å²) in [6.07, 6.45) is 7.25. The zero-order valence-corrected chi connectivity index (χ0v) is 8.85. The summed E-state index contributed by atoms with van der Waals surface area (Å²) < 4.78 is 0. The zero-order chi connectivity index (χ0) is 11.4. The second-order valence-electron chi connectivity index (χ2n) is 3.66. The first-order valence-corrected chi connectivity index (χ1v) is 5.30. The highest BCUT2D eigenvalue weighted by Crippen LogP contribution is 2.13. The average Bonchev–Trinajstić information content (AvgIpc) is 2.39. The highest BCUT2D eigenvalue weighted by Gasteiger charge is 2.19. The first-order valence-electron chi connectivity index (χ1n) is 5.30. The molecular formula is C14H12O2. The Labute approximate surface area is 94.3 Å². The zero-order valence-electron chi connectivity index (χ0n) is 8.85. The van der Waals surface area contributed by atoms with Crippen molar-refractivity contribution >= 4 is 11.6 Å². The molecule has 0 amide bonds. The monoisotopic (exact) mass is 212 g/mol. The van der Waals surface area contributed by atoms with E-state index in [0.717, 1.165) is 12.8 Å². The third kappa shape index (κ3) is 2.16. The van der Waals surface area contributed by atoms with E-state index in [2.05, 4.69) is 0 Å². The van der Waals surface area contributed by atoms with Crippen LogP contribution in [-0.4, -0.2) is 11.6 Å². The predicted molar refractivity (Wildman–Crippen MR) is 62.2 cm³/mol. The van der Waals surface area contributed by atoms with Crippen LogP contribution in [0, 0.1) is 0 Å². The summed E-state index contributed by atoms with van der Waals surface area (Å²) in [6, 6.07) is 8.65. The van der Waals surface area contributed by atoms with Crippen molar-refractivity contribution in [3.63, 3.8) is 0 Å². The second-order valence-corrected chi connectivity index (χ2v) is 3.66. The minimum absolute atomic E-state index is 0.415. The highest BCUT2D eigenvalue weighted by molar-refractivity contribution is 6.49. The first kappa shape index (κ1) is 10.6. The molecule has 2 nitrogen and oxygen atoms in total. The SMILES string of the molecule is O=C(C(=O)c1ccccc1)C1=CCCC=C1. The molecular weight excluding hydrogens is 200 g/mol. The number of allylic oxidation sites excluding steroid dienone is 4. The molecule has 2 rings (SSSR count). The number of Topliss-reactive ketones (excluding diaryl/α,β-unsaturated/α-hetero) is 2. The highest BCUT2D eigenvalue weighted by atomic mass is 16.2. The van der Waals surface area contributed by atoms with Crippen molar-refractivity contribution < 1.29 is 9.59 Å². The Balaban J connectivity index is 2.20. The number of benzene rings is 1. The minimum Gasteiger partial charge on any atom is -0.285 e. The lowest BCUT2D eigenvalue weighted by Gasteiger charge is -2.04. The second kappa shape index (κ2) is 4.71. The van der Waals surface area contributed by atoms with E-state index in [1.54, 1.807) is 30.3 Å². The van der Waals surface area contributed by atoms with Gasteiger partial charge in [-0.1, -0.05) is 48.6 Å². The van der Waals surface area contributed by atoms with Crippen molar-refractivity contribution in [3.8, 4) is 0 Å². The quantitative estimate of drug-likeness (QED) is 0.570. The Morgan fingerprint density at radius 1 is 0.938 bits per heavy atom. The van der Waals surface area contributed by atoms with E-state index in [-0.39, 0.29) is 0 Å². The van der Waals surface area contributed by atoms with Crippen LogP contribution in [0.3, 0.4) is 0 Å². The van der Waals surface area contributed by atoms with Gasteiger partial charge in [0.1, 0.15) is 0 Å². The molecule has 0 saturated heterocycles. The molecule has 16 heavy (non-hydrogen) atoms. The van der Waals surface area contributed by atoms with E-state index >= 15 is 0 Å². The van der Waals surface area contributed by atoms with Crippen molar-refractivity contribution in [1.29, 1.82) is 0 Å². The lowest BCUT2D eigenvalue weighted by molar-refractivity contribution is -0.111. The summed E-state index contributed by atoms with van der Waals surface area (Å²) in [5, 5.41) is 0. The molecule has 0 heterocycles. The molecule has 1 aromatic rings. The number of rotatable bonds is 3. The van der Waals surface area contributed by atoms with Crippen LogP contribution >= 0.6 is 0 Å². The van der Waals surface area contributed by atoms with Gasteiger partial charge in [-0.15, -0.1) is 0 Å². The predicted octanol–water partition coefficient (Wildman–Crippen LogP) is 2.71. The molecule has 0 aliphatic heterocycles. The molecule has 0 radical (unpaired) electrons. The molecule has 0 atom stereocenters. The van der Waals surface area contributed by atoms with Gasteiger partial charge in [-0.05, 0) is 12.8 Å². The van der Waals surface area contributed by atoms with Crippen LogP contribution in [0.5, 0.6) is 0 Å². The Morgan fingerprint density at radius 2 is 1.69 bits per heavy atom. The summed E-state index contributed by atoms with van der Waals surface area (Å²) in [4.78, 5) is 23.6. The Morgan fingerprint density at radius 3 is 2.31 bits per heavy atom. The van der Waals surface area contributed by atoms with E-state index in [9.17, 15) is 9.59 Å². The third-order valence-corrected chi connectivity index (χ3v) is 2.50. The first-order chi connectivity index (χ1) is 7.79. The van der Waals surface area contributed by atoms with Crippen molar-refractivity contribution in [2.75, 3.05) is 0 Å². The molecule has 0 aromatic heterocycles. The van der Waals surface area contributed by atoms with Gasteiger partial charge in [0, 0.05) is 11.1 Å². The normalized spacial score (nSPS) is 14.4. The van der Waals surface area contributed by atoms with Crippen molar-refractivity contribution in [3.05, 3.63) is 59.7 Å². The van der Waals surface area contributed by atoms with E-state index in [0.29, 0.717) is 11.1 Å². The van der Waals surface area contributed by atoms with Gasteiger partial charge in [-0.2, -0.15) is 0 Å². The molecule has 1 aromatic carbocycles. The minimum atomic E-state index is -0.432. The summed E-state index contributed by atoms with van der Waals surface area (Å²) in [5.74, 6) is -0.847. The number of carbonyl (C=O) groups is 2. The Bertz CT molecular complexity index is 467. The third-order valence-electron chi connectivity index (χ3n) is 2.50. The van der Waals surface area contributed by atoms with Gasteiger partial charge in [0.05, 0.1) is 0 Å². The van der Waals surface area contributed by atoms with Crippen molar-refractivity contribution in [2.45, 2.75) is 12.8 Å². The van der Waals surface area contributed by atoms with Crippen LogP contribution in [0.2, 0.25) is 0 Å².